The fraction of sp³-hybridized carbons (Fsp3) is 0.947. The summed E-state index contributed by atoms with van der Waals surface area (Å²) in [6, 6.07) is 0.385. The van der Waals surface area contributed by atoms with Crippen molar-refractivity contribution in [3.05, 3.63) is 0 Å². The quantitative estimate of drug-likeness (QED) is 0.714. The summed E-state index contributed by atoms with van der Waals surface area (Å²) in [4.78, 5) is 17.5. The first-order chi connectivity index (χ1) is 11.8. The monoisotopic (exact) mass is 338 g/mol. The molecule has 2 aliphatic heterocycles. The Bertz CT molecular complexity index is 373. The maximum atomic E-state index is 12.9. The summed E-state index contributed by atoms with van der Waals surface area (Å²) in [7, 11) is 0. The van der Waals surface area contributed by atoms with E-state index in [4.69, 9.17) is 9.47 Å². The van der Waals surface area contributed by atoms with Crippen LogP contribution in [0.25, 0.3) is 0 Å². The number of amides is 1. The van der Waals surface area contributed by atoms with E-state index in [1.54, 1.807) is 0 Å². The highest BCUT2D eigenvalue weighted by Crippen LogP contribution is 2.29. The fourth-order valence-electron chi connectivity index (χ4n) is 4.35. The van der Waals surface area contributed by atoms with Crippen molar-refractivity contribution in [3.8, 4) is 0 Å². The number of morpholine rings is 1. The van der Waals surface area contributed by atoms with Crippen molar-refractivity contribution in [1.82, 2.24) is 9.80 Å². The van der Waals surface area contributed by atoms with E-state index in [9.17, 15) is 4.79 Å². The van der Waals surface area contributed by atoms with Crippen LogP contribution in [0.3, 0.4) is 0 Å². The predicted molar refractivity (Wildman–Crippen MR) is 94.0 cm³/mol. The van der Waals surface area contributed by atoms with E-state index in [0.29, 0.717) is 11.9 Å². The van der Waals surface area contributed by atoms with Gasteiger partial charge in [-0.3, -0.25) is 9.69 Å². The van der Waals surface area contributed by atoms with Crippen LogP contribution in [0.2, 0.25) is 0 Å². The molecule has 2 heterocycles. The molecule has 3 fully saturated rings. The minimum absolute atomic E-state index is 0.377. The Labute approximate surface area is 146 Å². The van der Waals surface area contributed by atoms with Crippen LogP contribution in [0.5, 0.6) is 0 Å². The van der Waals surface area contributed by atoms with Crippen LogP contribution >= 0.6 is 0 Å². The van der Waals surface area contributed by atoms with E-state index in [2.05, 4.69) is 9.80 Å². The van der Waals surface area contributed by atoms with E-state index in [-0.39, 0.29) is 0 Å². The maximum Gasteiger partial charge on any atom is 0.222 e. The predicted octanol–water partition coefficient (Wildman–Crippen LogP) is 2.30. The highest BCUT2D eigenvalue weighted by atomic mass is 16.5. The lowest BCUT2D eigenvalue weighted by atomic mass is 10.00. The first-order valence-electron chi connectivity index (χ1n) is 10.0. The van der Waals surface area contributed by atoms with Crippen LogP contribution in [0.15, 0.2) is 0 Å². The molecular weight excluding hydrogens is 304 g/mol. The molecule has 1 aliphatic carbocycles. The molecule has 5 nitrogen and oxygen atoms in total. The first-order valence-corrected chi connectivity index (χ1v) is 10.0. The van der Waals surface area contributed by atoms with E-state index < -0.39 is 0 Å². The molecule has 0 spiro atoms. The topological polar surface area (TPSA) is 42.0 Å². The van der Waals surface area contributed by atoms with Gasteiger partial charge in [-0.1, -0.05) is 25.7 Å². The Morgan fingerprint density at radius 1 is 0.958 bits per heavy atom. The van der Waals surface area contributed by atoms with Crippen LogP contribution in [-0.4, -0.2) is 74.4 Å². The number of hydrogen-bond donors (Lipinski definition) is 0. The van der Waals surface area contributed by atoms with Gasteiger partial charge in [0.25, 0.3) is 0 Å². The van der Waals surface area contributed by atoms with Crippen LogP contribution in [0.1, 0.15) is 51.4 Å². The largest absolute Gasteiger partial charge is 0.381 e. The van der Waals surface area contributed by atoms with Gasteiger partial charge in [0.05, 0.1) is 13.2 Å². The molecule has 24 heavy (non-hydrogen) atoms. The first kappa shape index (κ1) is 18.2. The summed E-state index contributed by atoms with van der Waals surface area (Å²) in [5.74, 6) is 1.17. The van der Waals surface area contributed by atoms with Gasteiger partial charge < -0.3 is 14.4 Å². The third kappa shape index (κ3) is 5.43. The summed E-state index contributed by atoms with van der Waals surface area (Å²) in [6.07, 6.45) is 9.22. The zero-order valence-electron chi connectivity index (χ0n) is 15.1. The number of hydrogen-bond acceptors (Lipinski definition) is 4. The SMILES string of the molecule is O=C(CCC1CCCC1)N(CCN1CCOCC1)C1CCOCC1. The van der Waals surface area contributed by atoms with E-state index in [1.807, 2.05) is 0 Å². The van der Waals surface area contributed by atoms with Gasteiger partial charge in [0.15, 0.2) is 0 Å². The van der Waals surface area contributed by atoms with Crippen molar-refractivity contribution in [2.75, 3.05) is 52.6 Å². The molecule has 1 amide bonds. The Morgan fingerprint density at radius 2 is 1.62 bits per heavy atom. The van der Waals surface area contributed by atoms with Gasteiger partial charge >= 0.3 is 0 Å². The molecule has 0 atom stereocenters. The maximum absolute atomic E-state index is 12.9. The molecule has 0 aromatic carbocycles. The summed E-state index contributed by atoms with van der Waals surface area (Å²) >= 11 is 0. The number of carbonyl (C=O) groups excluding carboxylic acids is 1. The van der Waals surface area contributed by atoms with Crippen LogP contribution in [-0.2, 0) is 14.3 Å². The van der Waals surface area contributed by atoms with E-state index in [0.717, 1.165) is 84.2 Å². The normalized spacial score (nSPS) is 24.3. The second kappa shape index (κ2) is 9.73. The third-order valence-corrected chi connectivity index (χ3v) is 5.95. The zero-order valence-corrected chi connectivity index (χ0v) is 15.1. The van der Waals surface area contributed by atoms with Gasteiger partial charge in [0.1, 0.15) is 0 Å². The Morgan fingerprint density at radius 3 is 2.33 bits per heavy atom. The molecule has 0 radical (unpaired) electrons. The summed E-state index contributed by atoms with van der Waals surface area (Å²) in [5, 5.41) is 0. The third-order valence-electron chi connectivity index (χ3n) is 5.95. The van der Waals surface area contributed by atoms with E-state index >= 15 is 0 Å². The highest BCUT2D eigenvalue weighted by molar-refractivity contribution is 5.76. The molecule has 2 saturated heterocycles. The lowest BCUT2D eigenvalue weighted by Gasteiger charge is -2.37. The van der Waals surface area contributed by atoms with Crippen LogP contribution in [0, 0.1) is 5.92 Å². The minimum Gasteiger partial charge on any atom is -0.381 e. The lowest BCUT2D eigenvalue weighted by molar-refractivity contribution is -0.136. The zero-order chi connectivity index (χ0) is 16.6. The smallest absolute Gasteiger partial charge is 0.222 e. The van der Waals surface area contributed by atoms with E-state index in [1.165, 1.54) is 25.7 Å². The van der Waals surface area contributed by atoms with Gasteiger partial charge in [0, 0.05) is 51.9 Å². The molecular formula is C19H34N2O3. The second-order valence-electron chi connectivity index (χ2n) is 7.57. The standard InChI is InChI=1S/C19H34N2O3/c22-19(6-5-17-3-1-2-4-17)21(18-7-13-23-14-8-18)10-9-20-11-15-24-16-12-20/h17-18H,1-16H2. The number of nitrogens with zero attached hydrogens (tertiary/aromatic N) is 2. The summed E-state index contributed by atoms with van der Waals surface area (Å²) in [6.45, 7) is 7.10. The van der Waals surface area contributed by atoms with Gasteiger partial charge in [-0.15, -0.1) is 0 Å². The Balaban J connectivity index is 1.50. The van der Waals surface area contributed by atoms with Gasteiger partial charge in [-0.2, -0.15) is 0 Å². The van der Waals surface area contributed by atoms with Crippen molar-refractivity contribution in [2.24, 2.45) is 5.92 Å². The molecule has 3 aliphatic rings. The van der Waals surface area contributed by atoms with Crippen LogP contribution < -0.4 is 0 Å². The molecule has 0 aromatic heterocycles. The molecule has 0 bridgehead atoms. The Kier molecular flexibility index (Phi) is 7.36. The molecule has 138 valence electrons. The van der Waals surface area contributed by atoms with Gasteiger partial charge in [-0.05, 0) is 25.2 Å². The number of rotatable bonds is 7. The molecule has 0 aromatic rings. The average molecular weight is 338 g/mol. The van der Waals surface area contributed by atoms with Crippen molar-refractivity contribution >= 4 is 5.91 Å². The fourth-order valence-corrected chi connectivity index (χ4v) is 4.35. The molecule has 1 saturated carbocycles. The number of carbonyl (C=O) groups is 1. The van der Waals surface area contributed by atoms with Crippen molar-refractivity contribution < 1.29 is 14.3 Å². The Hall–Kier alpha value is -0.650. The van der Waals surface area contributed by atoms with Crippen molar-refractivity contribution in [3.63, 3.8) is 0 Å². The number of ether oxygens (including phenoxy) is 2. The molecule has 0 N–H and O–H groups in total. The van der Waals surface area contributed by atoms with Crippen molar-refractivity contribution in [1.29, 1.82) is 0 Å². The summed E-state index contributed by atoms with van der Waals surface area (Å²) < 4.78 is 10.9. The molecule has 3 rings (SSSR count). The second-order valence-corrected chi connectivity index (χ2v) is 7.57. The molecule has 0 unspecified atom stereocenters. The van der Waals surface area contributed by atoms with Crippen LogP contribution in [0.4, 0.5) is 0 Å². The van der Waals surface area contributed by atoms with Gasteiger partial charge in [-0.25, -0.2) is 0 Å². The summed E-state index contributed by atoms with van der Waals surface area (Å²) in [5.41, 5.74) is 0. The average Bonchev–Trinajstić information content (AvgIpc) is 3.15. The minimum atomic E-state index is 0.377. The lowest BCUT2D eigenvalue weighted by Crippen LogP contribution is -2.48. The van der Waals surface area contributed by atoms with Crippen molar-refractivity contribution in [2.45, 2.75) is 57.4 Å². The molecule has 5 heteroatoms. The highest BCUT2D eigenvalue weighted by Gasteiger charge is 2.27. The van der Waals surface area contributed by atoms with Gasteiger partial charge in [0.2, 0.25) is 5.91 Å².